The van der Waals surface area contributed by atoms with Crippen LogP contribution in [0.2, 0.25) is 0 Å². The predicted octanol–water partition coefficient (Wildman–Crippen LogP) is 3.44. The smallest absolute Gasteiger partial charge is 0.248 e. The summed E-state index contributed by atoms with van der Waals surface area (Å²) >= 11 is 0. The van der Waals surface area contributed by atoms with Crippen LogP contribution in [0.3, 0.4) is 0 Å². The number of hydrogen-bond donors (Lipinski definition) is 1. The zero-order valence-corrected chi connectivity index (χ0v) is 9.26. The minimum atomic E-state index is -2.45. The molecular formula is C13H17F2N. The quantitative estimate of drug-likeness (QED) is 0.819. The summed E-state index contributed by atoms with van der Waals surface area (Å²) in [6, 6.07) is 7.92. The van der Waals surface area contributed by atoms with Crippen molar-refractivity contribution in [1.29, 1.82) is 0 Å². The van der Waals surface area contributed by atoms with E-state index in [0.29, 0.717) is 19.4 Å². The zero-order chi connectivity index (χ0) is 11.6. The third kappa shape index (κ3) is 2.40. The van der Waals surface area contributed by atoms with Gasteiger partial charge in [0.15, 0.2) is 0 Å². The minimum absolute atomic E-state index is 0.0105. The summed E-state index contributed by atoms with van der Waals surface area (Å²) in [7, 11) is 0. The lowest BCUT2D eigenvalue weighted by Gasteiger charge is -2.29. The van der Waals surface area contributed by atoms with Crippen molar-refractivity contribution in [1.82, 2.24) is 0 Å². The van der Waals surface area contributed by atoms with Crippen molar-refractivity contribution >= 4 is 0 Å². The summed E-state index contributed by atoms with van der Waals surface area (Å²) in [6.45, 7) is 0.489. The molecule has 2 rings (SSSR count). The summed E-state index contributed by atoms with van der Waals surface area (Å²) in [5.74, 6) is -2.19. The van der Waals surface area contributed by atoms with Gasteiger partial charge >= 0.3 is 0 Å². The molecule has 0 atom stereocenters. The van der Waals surface area contributed by atoms with Gasteiger partial charge in [0.1, 0.15) is 0 Å². The second-order valence-corrected chi connectivity index (χ2v) is 4.53. The van der Waals surface area contributed by atoms with E-state index in [0.717, 1.165) is 5.56 Å². The Morgan fingerprint density at radius 2 is 1.81 bits per heavy atom. The zero-order valence-electron chi connectivity index (χ0n) is 9.26. The van der Waals surface area contributed by atoms with E-state index in [1.165, 1.54) is 5.56 Å². The molecule has 1 fully saturated rings. The molecule has 1 aromatic rings. The summed E-state index contributed by atoms with van der Waals surface area (Å²) in [5, 5.41) is 0. The molecule has 1 nitrogen and oxygen atoms in total. The van der Waals surface area contributed by atoms with Crippen LogP contribution in [-0.4, -0.2) is 5.92 Å². The van der Waals surface area contributed by atoms with Gasteiger partial charge in [0.2, 0.25) is 5.92 Å². The van der Waals surface area contributed by atoms with Crippen molar-refractivity contribution in [3.05, 3.63) is 35.4 Å². The van der Waals surface area contributed by atoms with E-state index in [2.05, 4.69) is 0 Å². The normalized spacial score (nSPS) is 20.9. The summed E-state index contributed by atoms with van der Waals surface area (Å²) in [4.78, 5) is 0. The average molecular weight is 225 g/mol. The second-order valence-electron chi connectivity index (χ2n) is 4.53. The predicted molar refractivity (Wildman–Crippen MR) is 60.5 cm³/mol. The average Bonchev–Trinajstić information content (AvgIpc) is 2.29. The molecule has 0 heterocycles. The fourth-order valence-corrected chi connectivity index (χ4v) is 2.47. The third-order valence-corrected chi connectivity index (χ3v) is 3.43. The van der Waals surface area contributed by atoms with E-state index in [1.807, 2.05) is 24.3 Å². The number of rotatable bonds is 2. The molecule has 0 bridgehead atoms. The first kappa shape index (κ1) is 11.5. The van der Waals surface area contributed by atoms with E-state index in [-0.39, 0.29) is 18.8 Å². The van der Waals surface area contributed by atoms with Crippen LogP contribution in [0.15, 0.2) is 24.3 Å². The Labute approximate surface area is 94.7 Å². The molecule has 0 unspecified atom stereocenters. The molecule has 1 saturated carbocycles. The van der Waals surface area contributed by atoms with Crippen LogP contribution in [0.25, 0.3) is 0 Å². The standard InChI is InChI=1S/C13H17F2N/c14-13(15)7-5-10(6-8-13)12-4-2-1-3-11(12)9-16/h1-4,10H,5-9,16H2. The molecular weight excluding hydrogens is 208 g/mol. The SMILES string of the molecule is NCc1ccccc1C1CCC(F)(F)CC1. The Balaban J connectivity index is 2.14. The minimum Gasteiger partial charge on any atom is -0.326 e. The van der Waals surface area contributed by atoms with Gasteiger partial charge in [-0.2, -0.15) is 0 Å². The molecule has 88 valence electrons. The Morgan fingerprint density at radius 1 is 1.19 bits per heavy atom. The highest BCUT2D eigenvalue weighted by Gasteiger charge is 2.35. The van der Waals surface area contributed by atoms with E-state index in [9.17, 15) is 8.78 Å². The molecule has 1 aliphatic carbocycles. The van der Waals surface area contributed by atoms with Gasteiger partial charge in [-0.15, -0.1) is 0 Å². The Hall–Kier alpha value is -0.960. The van der Waals surface area contributed by atoms with Gasteiger partial charge in [0.25, 0.3) is 0 Å². The van der Waals surface area contributed by atoms with Crippen molar-refractivity contribution in [2.75, 3.05) is 0 Å². The van der Waals surface area contributed by atoms with Crippen LogP contribution in [0.5, 0.6) is 0 Å². The number of alkyl halides is 2. The van der Waals surface area contributed by atoms with Crippen LogP contribution in [0.4, 0.5) is 8.78 Å². The van der Waals surface area contributed by atoms with Gasteiger partial charge in [-0.3, -0.25) is 0 Å². The van der Waals surface area contributed by atoms with Crippen LogP contribution in [0, 0.1) is 0 Å². The molecule has 0 aliphatic heterocycles. The summed E-state index contributed by atoms with van der Waals surface area (Å²) < 4.78 is 26.1. The maximum Gasteiger partial charge on any atom is 0.248 e. The fraction of sp³-hybridized carbons (Fsp3) is 0.538. The first-order chi connectivity index (χ1) is 7.62. The molecule has 2 N–H and O–H groups in total. The van der Waals surface area contributed by atoms with Gasteiger partial charge in [0.05, 0.1) is 0 Å². The number of hydrogen-bond acceptors (Lipinski definition) is 1. The van der Waals surface area contributed by atoms with Crippen LogP contribution in [-0.2, 0) is 6.54 Å². The molecule has 0 saturated heterocycles. The topological polar surface area (TPSA) is 26.0 Å². The largest absolute Gasteiger partial charge is 0.326 e. The third-order valence-electron chi connectivity index (χ3n) is 3.43. The van der Waals surface area contributed by atoms with Gasteiger partial charge in [-0.1, -0.05) is 24.3 Å². The highest BCUT2D eigenvalue weighted by molar-refractivity contribution is 5.30. The van der Waals surface area contributed by atoms with Crippen molar-refractivity contribution in [3.63, 3.8) is 0 Å². The molecule has 0 radical (unpaired) electrons. The molecule has 0 amide bonds. The molecule has 0 aromatic heterocycles. The Kier molecular flexibility index (Phi) is 3.24. The Morgan fingerprint density at radius 3 is 2.44 bits per heavy atom. The number of nitrogens with two attached hydrogens (primary N) is 1. The fourth-order valence-electron chi connectivity index (χ4n) is 2.47. The first-order valence-electron chi connectivity index (χ1n) is 5.78. The second kappa shape index (κ2) is 4.50. The van der Waals surface area contributed by atoms with E-state index in [1.54, 1.807) is 0 Å². The maximum absolute atomic E-state index is 13.1. The lowest BCUT2D eigenvalue weighted by atomic mass is 9.80. The van der Waals surface area contributed by atoms with Crippen molar-refractivity contribution in [3.8, 4) is 0 Å². The summed E-state index contributed by atoms with van der Waals surface area (Å²) in [5.41, 5.74) is 7.92. The molecule has 0 spiro atoms. The van der Waals surface area contributed by atoms with Gasteiger partial charge < -0.3 is 5.73 Å². The van der Waals surface area contributed by atoms with Crippen molar-refractivity contribution in [2.24, 2.45) is 5.73 Å². The number of benzene rings is 1. The summed E-state index contributed by atoms with van der Waals surface area (Å²) in [6.07, 6.45) is 1.17. The van der Waals surface area contributed by atoms with E-state index >= 15 is 0 Å². The van der Waals surface area contributed by atoms with Crippen LogP contribution in [0.1, 0.15) is 42.7 Å². The van der Waals surface area contributed by atoms with E-state index < -0.39 is 5.92 Å². The molecule has 3 heteroatoms. The Bertz CT molecular complexity index is 353. The van der Waals surface area contributed by atoms with Crippen LogP contribution >= 0.6 is 0 Å². The lowest BCUT2D eigenvalue weighted by molar-refractivity contribution is -0.0382. The van der Waals surface area contributed by atoms with Gasteiger partial charge in [-0.05, 0) is 29.9 Å². The lowest BCUT2D eigenvalue weighted by Crippen LogP contribution is -2.24. The monoisotopic (exact) mass is 225 g/mol. The molecule has 1 aromatic carbocycles. The van der Waals surface area contributed by atoms with Crippen molar-refractivity contribution < 1.29 is 8.78 Å². The number of halogens is 2. The van der Waals surface area contributed by atoms with Crippen molar-refractivity contribution in [2.45, 2.75) is 44.1 Å². The van der Waals surface area contributed by atoms with Gasteiger partial charge in [0, 0.05) is 19.4 Å². The van der Waals surface area contributed by atoms with E-state index in [4.69, 9.17) is 5.73 Å². The maximum atomic E-state index is 13.1. The highest BCUT2D eigenvalue weighted by Crippen LogP contribution is 2.41. The highest BCUT2D eigenvalue weighted by atomic mass is 19.3. The van der Waals surface area contributed by atoms with Gasteiger partial charge in [-0.25, -0.2) is 8.78 Å². The molecule has 16 heavy (non-hydrogen) atoms. The first-order valence-corrected chi connectivity index (χ1v) is 5.78. The van der Waals surface area contributed by atoms with Crippen LogP contribution < -0.4 is 5.73 Å². The molecule has 1 aliphatic rings.